The van der Waals surface area contributed by atoms with Crippen LogP contribution in [-0.4, -0.2) is 22.3 Å². The van der Waals surface area contributed by atoms with Crippen LogP contribution in [0.4, 0.5) is 5.69 Å². The molecule has 2 heterocycles. The molecule has 122 valence electrons. The molecule has 1 aromatic heterocycles. The fourth-order valence-corrected chi connectivity index (χ4v) is 3.54. The monoisotopic (exact) mass is 319 g/mol. The molecule has 0 aliphatic carbocycles. The first-order chi connectivity index (χ1) is 11.5. The summed E-state index contributed by atoms with van der Waals surface area (Å²) in [7, 11) is 0. The summed E-state index contributed by atoms with van der Waals surface area (Å²) in [5.74, 6) is 1.11. The number of Topliss-reactive ketones (excluding diaryl/α,β-unsaturated/α-hetero) is 1. The zero-order chi connectivity index (χ0) is 16.8. The Balaban J connectivity index is 1.68. The molecular formula is C20H21N3O. The van der Waals surface area contributed by atoms with Crippen molar-refractivity contribution in [2.24, 2.45) is 0 Å². The van der Waals surface area contributed by atoms with E-state index in [1.165, 1.54) is 16.8 Å². The van der Waals surface area contributed by atoms with Crippen LogP contribution < -0.4 is 4.90 Å². The number of fused-ring (bicyclic) bond motifs is 2. The lowest BCUT2D eigenvalue weighted by Gasteiger charge is -2.25. The Morgan fingerprint density at radius 3 is 2.88 bits per heavy atom. The molecule has 0 radical (unpaired) electrons. The lowest BCUT2D eigenvalue weighted by atomic mass is 10.1. The summed E-state index contributed by atoms with van der Waals surface area (Å²) >= 11 is 0. The van der Waals surface area contributed by atoms with Gasteiger partial charge in [-0.25, -0.2) is 4.98 Å². The molecule has 0 spiro atoms. The Hall–Kier alpha value is -2.62. The van der Waals surface area contributed by atoms with Gasteiger partial charge in [-0.05, 0) is 68.7 Å². The first kappa shape index (κ1) is 14.9. The molecule has 2 aromatic carbocycles. The smallest absolute Gasteiger partial charge is 0.159 e. The summed E-state index contributed by atoms with van der Waals surface area (Å²) < 4.78 is 0. The third-order valence-corrected chi connectivity index (χ3v) is 4.94. The van der Waals surface area contributed by atoms with E-state index in [-0.39, 0.29) is 11.8 Å². The molecule has 1 aliphatic rings. The Morgan fingerprint density at radius 2 is 2.08 bits per heavy atom. The zero-order valence-electron chi connectivity index (χ0n) is 14.3. The highest BCUT2D eigenvalue weighted by Crippen LogP contribution is 2.35. The quantitative estimate of drug-likeness (QED) is 0.736. The van der Waals surface area contributed by atoms with Crippen LogP contribution in [0.3, 0.4) is 0 Å². The highest BCUT2D eigenvalue weighted by molar-refractivity contribution is 5.95. The molecule has 4 rings (SSSR count). The summed E-state index contributed by atoms with van der Waals surface area (Å²) in [5, 5.41) is 0. The van der Waals surface area contributed by atoms with Crippen molar-refractivity contribution in [2.45, 2.75) is 33.2 Å². The second kappa shape index (κ2) is 5.48. The fraction of sp³-hybridized carbons (Fsp3) is 0.300. The van der Waals surface area contributed by atoms with E-state index in [4.69, 9.17) is 4.98 Å². The molecule has 1 atom stereocenters. The van der Waals surface area contributed by atoms with Crippen LogP contribution in [0.15, 0.2) is 36.4 Å². The van der Waals surface area contributed by atoms with Crippen molar-refractivity contribution in [3.8, 4) is 0 Å². The SMILES string of the molecule is CC(=O)c1ccc2c(c1)CCN2C(C)c1nc2ccc(C)cc2[nH]1. The number of nitrogens with zero attached hydrogens (tertiary/aromatic N) is 2. The first-order valence-corrected chi connectivity index (χ1v) is 8.40. The predicted octanol–water partition coefficient (Wildman–Crippen LogP) is 4.20. The second-order valence-corrected chi connectivity index (χ2v) is 6.66. The standard InChI is InChI=1S/C20H21N3O/c1-12-4-6-17-18(10-12)22-20(21-17)13(2)23-9-8-16-11-15(14(3)24)5-7-19(16)23/h4-7,10-11,13H,8-9H2,1-3H3,(H,21,22). The van der Waals surface area contributed by atoms with E-state index in [0.29, 0.717) is 0 Å². The summed E-state index contributed by atoms with van der Waals surface area (Å²) in [6, 6.07) is 12.5. The van der Waals surface area contributed by atoms with Gasteiger partial charge in [0.2, 0.25) is 0 Å². The Kier molecular flexibility index (Phi) is 3.41. The van der Waals surface area contributed by atoms with Crippen molar-refractivity contribution in [3.05, 3.63) is 58.9 Å². The maximum absolute atomic E-state index is 11.6. The summed E-state index contributed by atoms with van der Waals surface area (Å²) in [4.78, 5) is 22.2. The average Bonchev–Trinajstić information content (AvgIpc) is 3.16. The van der Waals surface area contributed by atoms with Crippen molar-refractivity contribution in [1.29, 1.82) is 0 Å². The fourth-order valence-electron chi connectivity index (χ4n) is 3.54. The van der Waals surface area contributed by atoms with Gasteiger partial charge < -0.3 is 9.88 Å². The van der Waals surface area contributed by atoms with Crippen molar-refractivity contribution < 1.29 is 4.79 Å². The van der Waals surface area contributed by atoms with Crippen molar-refractivity contribution >= 4 is 22.5 Å². The average molecular weight is 319 g/mol. The summed E-state index contributed by atoms with van der Waals surface area (Å²) in [5.41, 5.74) is 6.58. The minimum absolute atomic E-state index is 0.122. The molecule has 3 aromatic rings. The van der Waals surface area contributed by atoms with Gasteiger partial charge in [-0.2, -0.15) is 0 Å². The van der Waals surface area contributed by atoms with Gasteiger partial charge >= 0.3 is 0 Å². The number of hydrogen-bond donors (Lipinski definition) is 1. The molecule has 24 heavy (non-hydrogen) atoms. The van der Waals surface area contributed by atoms with E-state index in [0.717, 1.165) is 35.4 Å². The van der Waals surface area contributed by atoms with Crippen LogP contribution in [-0.2, 0) is 6.42 Å². The third kappa shape index (κ3) is 2.39. The topological polar surface area (TPSA) is 49.0 Å². The van der Waals surface area contributed by atoms with Crippen LogP contribution in [0, 0.1) is 6.92 Å². The molecule has 1 N–H and O–H groups in total. The number of hydrogen-bond acceptors (Lipinski definition) is 3. The van der Waals surface area contributed by atoms with Crippen LogP contribution >= 0.6 is 0 Å². The Labute approximate surface area is 141 Å². The van der Waals surface area contributed by atoms with E-state index < -0.39 is 0 Å². The van der Waals surface area contributed by atoms with Gasteiger partial charge in [0.1, 0.15) is 5.82 Å². The largest absolute Gasteiger partial charge is 0.361 e. The third-order valence-electron chi connectivity index (χ3n) is 4.94. The van der Waals surface area contributed by atoms with Gasteiger partial charge in [0, 0.05) is 17.8 Å². The molecular weight excluding hydrogens is 298 g/mol. The Bertz CT molecular complexity index is 941. The lowest BCUT2D eigenvalue weighted by molar-refractivity contribution is 0.101. The summed E-state index contributed by atoms with van der Waals surface area (Å²) in [6.45, 7) is 6.84. The van der Waals surface area contributed by atoms with E-state index in [1.807, 2.05) is 12.1 Å². The maximum atomic E-state index is 11.6. The molecule has 0 amide bonds. The number of benzene rings is 2. The number of aromatic amines is 1. The first-order valence-electron chi connectivity index (χ1n) is 8.40. The number of anilines is 1. The molecule has 1 aliphatic heterocycles. The number of nitrogens with one attached hydrogen (secondary N) is 1. The molecule has 0 fully saturated rings. The number of aromatic nitrogens is 2. The van der Waals surface area contributed by atoms with Gasteiger partial charge in [0.05, 0.1) is 17.1 Å². The van der Waals surface area contributed by atoms with E-state index in [1.54, 1.807) is 6.92 Å². The van der Waals surface area contributed by atoms with Gasteiger partial charge in [0.15, 0.2) is 5.78 Å². The number of H-pyrrole nitrogens is 1. The number of carbonyl (C=O) groups excluding carboxylic acids is 1. The number of imidazole rings is 1. The normalized spacial score (nSPS) is 14.9. The molecule has 0 saturated carbocycles. The van der Waals surface area contributed by atoms with Crippen molar-refractivity contribution in [1.82, 2.24) is 9.97 Å². The minimum Gasteiger partial charge on any atom is -0.361 e. The van der Waals surface area contributed by atoms with Crippen LogP contribution in [0.5, 0.6) is 0 Å². The molecule has 1 unspecified atom stereocenters. The van der Waals surface area contributed by atoms with Gasteiger partial charge in [-0.1, -0.05) is 6.07 Å². The minimum atomic E-state index is 0.122. The van der Waals surface area contributed by atoms with Crippen molar-refractivity contribution in [2.75, 3.05) is 11.4 Å². The van der Waals surface area contributed by atoms with E-state index in [9.17, 15) is 4.79 Å². The van der Waals surface area contributed by atoms with Gasteiger partial charge in [-0.3, -0.25) is 4.79 Å². The second-order valence-electron chi connectivity index (χ2n) is 6.66. The van der Waals surface area contributed by atoms with Crippen LogP contribution in [0.1, 0.15) is 47.2 Å². The number of carbonyl (C=O) groups is 1. The van der Waals surface area contributed by atoms with Gasteiger partial charge in [-0.15, -0.1) is 0 Å². The zero-order valence-corrected chi connectivity index (χ0v) is 14.3. The molecule has 4 nitrogen and oxygen atoms in total. The number of rotatable bonds is 3. The summed E-state index contributed by atoms with van der Waals surface area (Å²) in [6.07, 6.45) is 0.972. The highest BCUT2D eigenvalue weighted by Gasteiger charge is 2.26. The van der Waals surface area contributed by atoms with E-state index >= 15 is 0 Å². The van der Waals surface area contributed by atoms with Crippen LogP contribution in [0.2, 0.25) is 0 Å². The van der Waals surface area contributed by atoms with Gasteiger partial charge in [0.25, 0.3) is 0 Å². The van der Waals surface area contributed by atoms with Crippen LogP contribution in [0.25, 0.3) is 11.0 Å². The maximum Gasteiger partial charge on any atom is 0.159 e. The van der Waals surface area contributed by atoms with E-state index in [2.05, 4.69) is 48.0 Å². The number of ketones is 1. The van der Waals surface area contributed by atoms with Crippen molar-refractivity contribution in [3.63, 3.8) is 0 Å². The Morgan fingerprint density at radius 1 is 1.25 bits per heavy atom. The molecule has 0 bridgehead atoms. The molecule has 4 heteroatoms. The number of aryl methyl sites for hydroxylation is 1. The predicted molar refractivity (Wildman–Crippen MR) is 96.7 cm³/mol. The highest BCUT2D eigenvalue weighted by atomic mass is 16.1. The lowest BCUT2D eigenvalue weighted by Crippen LogP contribution is -2.25. The molecule has 0 saturated heterocycles.